The number of hydrogen-bond acceptors (Lipinski definition) is 8. The second-order valence-corrected chi connectivity index (χ2v) is 7.18. The topological polar surface area (TPSA) is 146 Å². The van der Waals surface area contributed by atoms with Crippen LogP contribution in [0.1, 0.15) is 22.3 Å². The Morgan fingerprint density at radius 2 is 1.69 bits per heavy atom. The lowest BCUT2D eigenvalue weighted by molar-refractivity contribution is 0.103. The molecule has 2 aromatic carbocycles. The Balaban J connectivity index is 0.00000181. The monoisotopic (exact) mass is 483 g/mol. The van der Waals surface area contributed by atoms with Crippen LogP contribution in [0.5, 0.6) is 11.5 Å². The Kier molecular flexibility index (Phi) is 8.71. The second kappa shape index (κ2) is 10.8. The van der Waals surface area contributed by atoms with Gasteiger partial charge in [-0.2, -0.15) is 5.10 Å². The van der Waals surface area contributed by atoms with Crippen molar-refractivity contribution in [3.05, 3.63) is 35.4 Å². The zero-order valence-electron chi connectivity index (χ0n) is 17.3. The highest BCUT2D eigenvalue weighted by molar-refractivity contribution is 6.29. The molecule has 0 saturated carbocycles. The fourth-order valence-electron chi connectivity index (χ4n) is 3.89. The third-order valence-corrected chi connectivity index (χ3v) is 5.26. The van der Waals surface area contributed by atoms with Crippen molar-refractivity contribution in [1.29, 1.82) is 0 Å². The number of anilines is 1. The summed E-state index contributed by atoms with van der Waals surface area (Å²) in [7, 11) is 0. The first kappa shape index (κ1) is 25.7. The summed E-state index contributed by atoms with van der Waals surface area (Å²) in [6.45, 7) is 2.74. The maximum absolute atomic E-state index is 13.4. The molecule has 0 radical (unpaired) electrons. The molecular formula is C21H27Cl2N5O4. The third kappa shape index (κ3) is 4.35. The Bertz CT molecular complexity index is 1120. The number of aliphatic hydroxyl groups excluding tert-OH is 1. The maximum Gasteiger partial charge on any atom is 0.200 e. The number of phenols is 2. The summed E-state index contributed by atoms with van der Waals surface area (Å²) in [5.41, 5.74) is 8.20. The quantitative estimate of drug-likeness (QED) is 0.156. The van der Waals surface area contributed by atoms with E-state index in [-0.39, 0.29) is 59.8 Å². The number of nitrogens with one attached hydrogen (secondary N) is 2. The van der Waals surface area contributed by atoms with Gasteiger partial charge >= 0.3 is 0 Å². The Morgan fingerprint density at radius 1 is 0.969 bits per heavy atom. The average Bonchev–Trinajstić information content (AvgIpc) is 3.10. The third-order valence-electron chi connectivity index (χ3n) is 5.26. The molecule has 0 amide bonds. The van der Waals surface area contributed by atoms with Crippen LogP contribution < -0.4 is 16.4 Å². The van der Waals surface area contributed by atoms with E-state index in [2.05, 4.69) is 15.7 Å². The van der Waals surface area contributed by atoms with Gasteiger partial charge in [0.15, 0.2) is 5.78 Å². The van der Waals surface area contributed by atoms with Crippen LogP contribution in [0.3, 0.4) is 0 Å². The maximum atomic E-state index is 13.4. The average molecular weight is 484 g/mol. The Hall–Kier alpha value is -2.56. The van der Waals surface area contributed by atoms with Crippen molar-refractivity contribution in [1.82, 2.24) is 15.1 Å². The number of hydrogen-bond donors (Lipinski definition) is 6. The van der Waals surface area contributed by atoms with E-state index in [0.717, 1.165) is 11.9 Å². The molecule has 9 nitrogen and oxygen atoms in total. The second-order valence-electron chi connectivity index (χ2n) is 7.18. The van der Waals surface area contributed by atoms with Gasteiger partial charge in [0, 0.05) is 30.7 Å². The molecule has 0 bridgehead atoms. The lowest BCUT2D eigenvalue weighted by Crippen LogP contribution is -2.23. The minimum atomic E-state index is -0.357. The van der Waals surface area contributed by atoms with Gasteiger partial charge in [0.1, 0.15) is 17.2 Å². The van der Waals surface area contributed by atoms with Gasteiger partial charge in [0.05, 0.1) is 35.4 Å². The van der Waals surface area contributed by atoms with Gasteiger partial charge in [-0.1, -0.05) is 0 Å². The van der Waals surface area contributed by atoms with Crippen molar-refractivity contribution in [2.75, 3.05) is 38.1 Å². The molecule has 0 aliphatic heterocycles. The number of halogens is 2. The highest BCUT2D eigenvalue weighted by Gasteiger charge is 2.35. The number of fused-ring (bicyclic) bond motifs is 2. The lowest BCUT2D eigenvalue weighted by atomic mass is 9.85. The van der Waals surface area contributed by atoms with E-state index in [9.17, 15) is 15.0 Å². The number of nitrogens with zero attached hydrogens (tertiary/aromatic N) is 2. The largest absolute Gasteiger partial charge is 0.507 e. The molecule has 1 aliphatic rings. The molecule has 1 aliphatic carbocycles. The summed E-state index contributed by atoms with van der Waals surface area (Å²) in [5.74, 6) is -0.652. The first-order valence-electron chi connectivity index (χ1n) is 9.97. The normalized spacial score (nSPS) is 11.6. The molecule has 11 heteroatoms. The van der Waals surface area contributed by atoms with Crippen LogP contribution in [0.2, 0.25) is 0 Å². The standard InChI is InChI=1S/C21H25N5O4.2ClH/c22-6-1-7-24-12-2-3-13-17-16(12)21(30)19-15(29)5-4-14(28)18(19)20(17)25-26(13)10-8-23-9-11-27;;/h2-5,23-24,27-29H,1,6-11,22H2;2*1H. The first-order chi connectivity index (χ1) is 14.6. The molecule has 0 unspecified atom stereocenters. The van der Waals surface area contributed by atoms with Crippen LogP contribution in [-0.4, -0.2) is 63.7 Å². The fraction of sp³-hybridized carbons (Fsp3) is 0.333. The number of carbonyl (C=O) groups is 1. The number of rotatable bonds is 9. The lowest BCUT2D eigenvalue weighted by Gasteiger charge is -2.20. The van der Waals surface area contributed by atoms with Gasteiger partial charge in [-0.25, -0.2) is 0 Å². The van der Waals surface area contributed by atoms with E-state index in [4.69, 9.17) is 10.8 Å². The molecule has 32 heavy (non-hydrogen) atoms. The zero-order valence-corrected chi connectivity index (χ0v) is 18.9. The summed E-state index contributed by atoms with van der Waals surface area (Å²) in [6.07, 6.45) is 0.747. The van der Waals surface area contributed by atoms with E-state index in [1.54, 1.807) is 4.68 Å². The van der Waals surface area contributed by atoms with E-state index in [1.807, 2.05) is 12.1 Å². The molecule has 7 N–H and O–H groups in total. The molecular weight excluding hydrogens is 457 g/mol. The number of ketones is 1. The number of aromatic nitrogens is 2. The van der Waals surface area contributed by atoms with Crippen LogP contribution in [0.4, 0.5) is 5.69 Å². The van der Waals surface area contributed by atoms with Gasteiger partial charge in [0.2, 0.25) is 0 Å². The predicted molar refractivity (Wildman–Crippen MR) is 129 cm³/mol. The van der Waals surface area contributed by atoms with Crippen molar-refractivity contribution in [2.45, 2.75) is 13.0 Å². The minimum absolute atomic E-state index is 0. The number of benzene rings is 2. The molecule has 174 valence electrons. The molecule has 0 fully saturated rings. The summed E-state index contributed by atoms with van der Waals surface area (Å²) in [6, 6.07) is 6.41. The molecule has 1 aromatic heterocycles. The molecule has 4 rings (SSSR count). The Labute approximate surface area is 197 Å². The summed E-state index contributed by atoms with van der Waals surface area (Å²) in [4.78, 5) is 13.4. The number of nitrogens with two attached hydrogens (primary N) is 1. The van der Waals surface area contributed by atoms with Crippen LogP contribution in [0, 0.1) is 0 Å². The van der Waals surface area contributed by atoms with Crippen molar-refractivity contribution in [2.24, 2.45) is 5.73 Å². The summed E-state index contributed by atoms with van der Waals surface area (Å²) < 4.78 is 1.77. The minimum Gasteiger partial charge on any atom is -0.507 e. The summed E-state index contributed by atoms with van der Waals surface area (Å²) in [5, 5.41) is 41.5. The zero-order chi connectivity index (χ0) is 21.3. The van der Waals surface area contributed by atoms with Gasteiger partial charge in [-0.15, -0.1) is 24.8 Å². The van der Waals surface area contributed by atoms with Gasteiger partial charge in [0.25, 0.3) is 0 Å². The van der Waals surface area contributed by atoms with Crippen LogP contribution in [0.25, 0.3) is 22.2 Å². The summed E-state index contributed by atoms with van der Waals surface area (Å²) >= 11 is 0. The van der Waals surface area contributed by atoms with Crippen molar-refractivity contribution < 1.29 is 20.1 Å². The molecule has 1 heterocycles. The number of carbonyl (C=O) groups excluding carboxylic acids is 1. The number of phenolic OH excluding ortho intramolecular Hbond substituents is 2. The van der Waals surface area contributed by atoms with Crippen molar-refractivity contribution in [3.63, 3.8) is 0 Å². The molecule has 0 spiro atoms. The number of aromatic hydroxyl groups is 2. The van der Waals surface area contributed by atoms with Crippen molar-refractivity contribution >= 4 is 47.2 Å². The van der Waals surface area contributed by atoms with Gasteiger partial charge in [-0.05, 0) is 37.2 Å². The number of aliphatic hydroxyl groups is 1. The van der Waals surface area contributed by atoms with Crippen molar-refractivity contribution in [3.8, 4) is 22.8 Å². The molecule has 0 atom stereocenters. The van der Waals surface area contributed by atoms with Crippen LogP contribution >= 0.6 is 24.8 Å². The highest BCUT2D eigenvalue weighted by atomic mass is 35.5. The van der Waals surface area contributed by atoms with Gasteiger partial charge in [-0.3, -0.25) is 9.48 Å². The van der Waals surface area contributed by atoms with E-state index < -0.39 is 0 Å². The molecule has 3 aromatic rings. The predicted octanol–water partition coefficient (Wildman–Crippen LogP) is 1.85. The smallest absolute Gasteiger partial charge is 0.200 e. The Morgan fingerprint density at radius 3 is 2.38 bits per heavy atom. The molecule has 0 saturated heterocycles. The van der Waals surface area contributed by atoms with Crippen LogP contribution in [0.15, 0.2) is 24.3 Å². The van der Waals surface area contributed by atoms with Crippen LogP contribution in [-0.2, 0) is 6.54 Å². The van der Waals surface area contributed by atoms with E-state index >= 15 is 0 Å². The van der Waals surface area contributed by atoms with Gasteiger partial charge < -0.3 is 31.7 Å². The highest BCUT2D eigenvalue weighted by Crippen LogP contribution is 2.47. The fourth-order valence-corrected chi connectivity index (χ4v) is 3.89. The van der Waals surface area contributed by atoms with E-state index in [1.165, 1.54) is 12.1 Å². The van der Waals surface area contributed by atoms with E-state index in [0.29, 0.717) is 55.1 Å². The first-order valence-corrected chi connectivity index (χ1v) is 9.97. The SMILES string of the molecule is Cl.Cl.NCCCNc1ccc2c3c(nn2CCNCCO)-c2c(O)ccc(O)c2C(=O)c13.